The first-order valence-corrected chi connectivity index (χ1v) is 6.95. The van der Waals surface area contributed by atoms with Crippen molar-refractivity contribution >= 4 is 11.3 Å². The van der Waals surface area contributed by atoms with E-state index in [4.69, 9.17) is 0 Å². The highest BCUT2D eigenvalue weighted by Gasteiger charge is 2.15. The fourth-order valence-corrected chi connectivity index (χ4v) is 2.88. The Morgan fingerprint density at radius 1 is 1.47 bits per heavy atom. The molecule has 3 heterocycles. The lowest BCUT2D eigenvalue weighted by atomic mass is 10.0. The van der Waals surface area contributed by atoms with E-state index in [9.17, 15) is 0 Å². The summed E-state index contributed by atoms with van der Waals surface area (Å²) in [5, 5.41) is 12.7. The van der Waals surface area contributed by atoms with Gasteiger partial charge in [0.15, 0.2) is 5.82 Å². The zero-order valence-corrected chi connectivity index (χ0v) is 10.5. The third kappa shape index (κ3) is 2.56. The third-order valence-electron chi connectivity index (χ3n) is 3.23. The Kier molecular flexibility index (Phi) is 3.20. The Morgan fingerprint density at radius 2 is 2.47 bits per heavy atom. The average Bonchev–Trinajstić information content (AvgIpc) is 3.09. The molecule has 0 saturated carbocycles. The number of nitrogens with zero attached hydrogens (tertiary/aromatic N) is 2. The second-order valence-corrected chi connectivity index (χ2v) is 5.43. The van der Waals surface area contributed by atoms with E-state index in [1.807, 2.05) is 6.07 Å². The summed E-state index contributed by atoms with van der Waals surface area (Å²) in [6.45, 7) is 2.33. The number of H-pyrrole nitrogens is 1. The summed E-state index contributed by atoms with van der Waals surface area (Å²) in [5.41, 5.74) is 0. The normalized spacial score (nSPS) is 19.9. The molecule has 2 aromatic rings. The monoisotopic (exact) mass is 248 g/mol. The van der Waals surface area contributed by atoms with Gasteiger partial charge >= 0.3 is 0 Å². The van der Waals surface area contributed by atoms with Gasteiger partial charge in [-0.3, -0.25) is 5.10 Å². The van der Waals surface area contributed by atoms with Gasteiger partial charge in [0.05, 0.1) is 4.88 Å². The summed E-state index contributed by atoms with van der Waals surface area (Å²) in [7, 11) is 0. The molecule has 1 aliphatic rings. The molecular formula is C12H16N4S. The fraction of sp³-hybridized carbons (Fsp3) is 0.500. The van der Waals surface area contributed by atoms with E-state index >= 15 is 0 Å². The highest BCUT2D eigenvalue weighted by Crippen LogP contribution is 2.21. The maximum atomic E-state index is 4.54. The first-order chi connectivity index (χ1) is 8.42. The van der Waals surface area contributed by atoms with E-state index in [0.717, 1.165) is 35.4 Å². The predicted molar refractivity (Wildman–Crippen MR) is 69.0 cm³/mol. The van der Waals surface area contributed by atoms with E-state index in [1.54, 1.807) is 11.3 Å². The van der Waals surface area contributed by atoms with E-state index in [-0.39, 0.29) is 0 Å². The topological polar surface area (TPSA) is 53.6 Å². The van der Waals surface area contributed by atoms with Crippen LogP contribution >= 0.6 is 11.3 Å². The number of aromatic amines is 1. The Labute approximate surface area is 104 Å². The minimum atomic E-state index is 0.810. The standard InChI is InChI=1S/C12H16N4S/c1-2-10(17-7-1)12-14-11(15-16-12)4-3-9-5-6-13-8-9/h1-2,7,9,13H,3-6,8H2,(H,14,15,16). The third-order valence-corrected chi connectivity index (χ3v) is 4.09. The zero-order chi connectivity index (χ0) is 11.5. The molecule has 2 aromatic heterocycles. The molecular weight excluding hydrogens is 232 g/mol. The molecule has 0 aliphatic carbocycles. The number of aromatic nitrogens is 3. The number of hydrogen-bond donors (Lipinski definition) is 2. The van der Waals surface area contributed by atoms with Gasteiger partial charge in [-0.1, -0.05) is 6.07 Å². The van der Waals surface area contributed by atoms with Crippen LogP contribution in [-0.4, -0.2) is 28.3 Å². The van der Waals surface area contributed by atoms with Crippen LogP contribution in [0.15, 0.2) is 17.5 Å². The first-order valence-electron chi connectivity index (χ1n) is 6.08. The van der Waals surface area contributed by atoms with Crippen LogP contribution in [0.3, 0.4) is 0 Å². The first kappa shape index (κ1) is 10.9. The number of thiophene rings is 1. The van der Waals surface area contributed by atoms with Crippen LogP contribution in [0, 0.1) is 5.92 Å². The quantitative estimate of drug-likeness (QED) is 0.871. The van der Waals surface area contributed by atoms with Crippen LogP contribution in [0.5, 0.6) is 0 Å². The Bertz CT molecular complexity index is 457. The smallest absolute Gasteiger partial charge is 0.191 e. The van der Waals surface area contributed by atoms with Gasteiger partial charge in [0.1, 0.15) is 5.82 Å². The van der Waals surface area contributed by atoms with Gasteiger partial charge in [-0.15, -0.1) is 11.3 Å². The molecule has 1 atom stereocenters. The van der Waals surface area contributed by atoms with Crippen LogP contribution in [0.1, 0.15) is 18.7 Å². The van der Waals surface area contributed by atoms with Gasteiger partial charge < -0.3 is 5.32 Å². The van der Waals surface area contributed by atoms with Crippen LogP contribution in [0.2, 0.25) is 0 Å². The zero-order valence-electron chi connectivity index (χ0n) is 9.65. The highest BCUT2D eigenvalue weighted by atomic mass is 32.1. The number of aryl methyl sites for hydroxylation is 1. The number of nitrogens with one attached hydrogen (secondary N) is 2. The number of hydrogen-bond acceptors (Lipinski definition) is 4. The van der Waals surface area contributed by atoms with Gasteiger partial charge in [0, 0.05) is 6.42 Å². The summed E-state index contributed by atoms with van der Waals surface area (Å²) in [6, 6.07) is 4.08. The van der Waals surface area contributed by atoms with Gasteiger partial charge in [0.2, 0.25) is 0 Å². The Balaban J connectivity index is 1.60. The molecule has 1 fully saturated rings. The van der Waals surface area contributed by atoms with E-state index in [0.29, 0.717) is 0 Å². The maximum Gasteiger partial charge on any atom is 0.191 e. The van der Waals surface area contributed by atoms with Crippen molar-refractivity contribution in [2.45, 2.75) is 19.3 Å². The van der Waals surface area contributed by atoms with Crippen LogP contribution in [0.25, 0.3) is 10.7 Å². The molecule has 5 heteroatoms. The van der Waals surface area contributed by atoms with Crippen LogP contribution < -0.4 is 5.32 Å². The van der Waals surface area contributed by atoms with Crippen molar-refractivity contribution in [1.82, 2.24) is 20.5 Å². The number of rotatable bonds is 4. The average molecular weight is 248 g/mol. The van der Waals surface area contributed by atoms with E-state index < -0.39 is 0 Å². The van der Waals surface area contributed by atoms with Crippen molar-refractivity contribution in [2.75, 3.05) is 13.1 Å². The van der Waals surface area contributed by atoms with Gasteiger partial charge in [-0.25, -0.2) is 4.98 Å². The molecule has 1 unspecified atom stereocenters. The lowest BCUT2D eigenvalue weighted by molar-refractivity contribution is 0.525. The van der Waals surface area contributed by atoms with Crippen LogP contribution in [-0.2, 0) is 6.42 Å². The molecule has 1 saturated heterocycles. The van der Waals surface area contributed by atoms with Gasteiger partial charge in [0.25, 0.3) is 0 Å². The van der Waals surface area contributed by atoms with Gasteiger partial charge in [-0.2, -0.15) is 5.10 Å². The SMILES string of the molecule is c1csc(-c2n[nH]c(CCC3CCNC3)n2)c1. The van der Waals surface area contributed by atoms with Crippen molar-refractivity contribution in [3.63, 3.8) is 0 Å². The molecule has 17 heavy (non-hydrogen) atoms. The molecule has 4 nitrogen and oxygen atoms in total. The molecule has 3 rings (SSSR count). The minimum absolute atomic E-state index is 0.810. The van der Waals surface area contributed by atoms with Crippen molar-refractivity contribution < 1.29 is 0 Å². The fourth-order valence-electron chi connectivity index (χ4n) is 2.22. The molecule has 90 valence electrons. The lowest BCUT2D eigenvalue weighted by Crippen LogP contribution is -2.09. The van der Waals surface area contributed by atoms with Gasteiger partial charge in [-0.05, 0) is 43.3 Å². The summed E-state index contributed by atoms with van der Waals surface area (Å²) in [4.78, 5) is 5.67. The predicted octanol–water partition coefficient (Wildman–Crippen LogP) is 2.08. The summed E-state index contributed by atoms with van der Waals surface area (Å²) in [5.74, 6) is 2.66. The molecule has 1 aliphatic heterocycles. The van der Waals surface area contributed by atoms with Crippen molar-refractivity contribution in [3.05, 3.63) is 23.3 Å². The summed E-state index contributed by atoms with van der Waals surface area (Å²) >= 11 is 1.68. The van der Waals surface area contributed by atoms with Crippen molar-refractivity contribution in [3.8, 4) is 10.7 Å². The minimum Gasteiger partial charge on any atom is -0.316 e. The second kappa shape index (κ2) is 4.98. The maximum absolute atomic E-state index is 4.54. The van der Waals surface area contributed by atoms with Crippen molar-refractivity contribution in [2.24, 2.45) is 5.92 Å². The molecule has 0 amide bonds. The second-order valence-electron chi connectivity index (χ2n) is 4.48. The highest BCUT2D eigenvalue weighted by molar-refractivity contribution is 7.13. The molecule has 2 N–H and O–H groups in total. The summed E-state index contributed by atoms with van der Waals surface area (Å²) in [6.07, 6.45) is 3.50. The lowest BCUT2D eigenvalue weighted by Gasteiger charge is -2.04. The molecule has 0 bridgehead atoms. The summed E-state index contributed by atoms with van der Waals surface area (Å²) < 4.78 is 0. The van der Waals surface area contributed by atoms with Crippen LogP contribution in [0.4, 0.5) is 0 Å². The molecule has 0 spiro atoms. The van der Waals surface area contributed by atoms with E-state index in [2.05, 4.69) is 31.9 Å². The molecule has 0 aromatic carbocycles. The Morgan fingerprint density at radius 3 is 3.24 bits per heavy atom. The Hall–Kier alpha value is -1.20. The largest absolute Gasteiger partial charge is 0.316 e. The van der Waals surface area contributed by atoms with E-state index in [1.165, 1.54) is 19.4 Å². The molecule has 0 radical (unpaired) electrons. The van der Waals surface area contributed by atoms with Crippen molar-refractivity contribution in [1.29, 1.82) is 0 Å².